The minimum absolute atomic E-state index is 0.0393. The van der Waals surface area contributed by atoms with E-state index in [9.17, 15) is 8.42 Å². The molecular formula is C17H24ClN3O4S. The van der Waals surface area contributed by atoms with Crippen LogP contribution in [0, 0.1) is 20.8 Å². The van der Waals surface area contributed by atoms with E-state index in [2.05, 4.69) is 9.82 Å². The maximum absolute atomic E-state index is 12.7. The van der Waals surface area contributed by atoms with Gasteiger partial charge in [0.15, 0.2) is 0 Å². The number of rotatable bonds is 7. The lowest BCUT2D eigenvalue weighted by molar-refractivity contribution is 0.385. The van der Waals surface area contributed by atoms with Crippen LogP contribution in [0.1, 0.15) is 29.9 Å². The van der Waals surface area contributed by atoms with Crippen LogP contribution in [0.25, 0.3) is 0 Å². The van der Waals surface area contributed by atoms with Gasteiger partial charge in [-0.15, -0.1) is 0 Å². The third-order valence-corrected chi connectivity index (χ3v) is 6.14. The molecule has 0 aliphatic carbocycles. The highest BCUT2D eigenvalue weighted by atomic mass is 35.5. The first-order valence-electron chi connectivity index (χ1n) is 8.05. The van der Waals surface area contributed by atoms with Gasteiger partial charge in [0.2, 0.25) is 10.0 Å². The van der Waals surface area contributed by atoms with Gasteiger partial charge in [-0.25, -0.2) is 13.1 Å². The SMILES string of the molecule is COc1cc(OC)c(S(=O)(=O)NCC(C)n2nc(C)c(C)c2C)cc1Cl. The number of halogens is 1. The number of nitrogens with one attached hydrogen (secondary N) is 1. The van der Waals surface area contributed by atoms with Gasteiger partial charge in [-0.3, -0.25) is 4.68 Å². The number of aromatic nitrogens is 2. The van der Waals surface area contributed by atoms with Crippen molar-refractivity contribution in [2.24, 2.45) is 0 Å². The smallest absolute Gasteiger partial charge is 0.244 e. The second kappa shape index (κ2) is 7.85. The summed E-state index contributed by atoms with van der Waals surface area (Å²) in [6.07, 6.45) is 0. The van der Waals surface area contributed by atoms with E-state index in [1.807, 2.05) is 32.4 Å². The molecule has 0 bridgehead atoms. The Balaban J connectivity index is 2.26. The molecule has 26 heavy (non-hydrogen) atoms. The molecule has 0 radical (unpaired) electrons. The molecule has 2 rings (SSSR count). The molecule has 9 heteroatoms. The average Bonchev–Trinajstić information content (AvgIpc) is 2.87. The maximum atomic E-state index is 12.7. The molecule has 0 saturated heterocycles. The highest BCUT2D eigenvalue weighted by Crippen LogP contribution is 2.35. The van der Waals surface area contributed by atoms with Crippen molar-refractivity contribution in [1.82, 2.24) is 14.5 Å². The first-order chi connectivity index (χ1) is 12.1. The zero-order valence-electron chi connectivity index (χ0n) is 15.8. The number of aryl methyl sites for hydroxylation is 1. The minimum Gasteiger partial charge on any atom is -0.495 e. The summed E-state index contributed by atoms with van der Waals surface area (Å²) in [5.74, 6) is 0.502. The van der Waals surface area contributed by atoms with Gasteiger partial charge < -0.3 is 9.47 Å². The molecule has 1 aromatic carbocycles. The van der Waals surface area contributed by atoms with Gasteiger partial charge in [0, 0.05) is 18.3 Å². The minimum atomic E-state index is -3.83. The zero-order chi connectivity index (χ0) is 19.6. The van der Waals surface area contributed by atoms with E-state index in [0.717, 1.165) is 17.0 Å². The van der Waals surface area contributed by atoms with Crippen molar-refractivity contribution in [2.45, 2.75) is 38.6 Å². The van der Waals surface area contributed by atoms with Crippen molar-refractivity contribution >= 4 is 21.6 Å². The van der Waals surface area contributed by atoms with Crippen LogP contribution >= 0.6 is 11.6 Å². The molecule has 0 fully saturated rings. The molecule has 0 saturated carbocycles. The highest BCUT2D eigenvalue weighted by molar-refractivity contribution is 7.89. The molecule has 0 aliphatic rings. The molecule has 1 aromatic heterocycles. The van der Waals surface area contributed by atoms with E-state index in [1.54, 1.807) is 0 Å². The van der Waals surface area contributed by atoms with E-state index >= 15 is 0 Å². The van der Waals surface area contributed by atoms with Gasteiger partial charge >= 0.3 is 0 Å². The van der Waals surface area contributed by atoms with Crippen molar-refractivity contribution in [3.05, 3.63) is 34.1 Å². The molecule has 1 heterocycles. The molecule has 2 aromatic rings. The Hall–Kier alpha value is -1.77. The first-order valence-corrected chi connectivity index (χ1v) is 9.92. The van der Waals surface area contributed by atoms with Crippen LogP contribution in [0.3, 0.4) is 0 Å². The lowest BCUT2D eigenvalue weighted by atomic mass is 10.2. The van der Waals surface area contributed by atoms with E-state index in [0.29, 0.717) is 5.75 Å². The van der Waals surface area contributed by atoms with Gasteiger partial charge in [-0.05, 0) is 39.3 Å². The predicted molar refractivity (Wildman–Crippen MR) is 101 cm³/mol. The Labute approximate surface area is 159 Å². The fourth-order valence-corrected chi connectivity index (χ4v) is 4.21. The Kier molecular flexibility index (Phi) is 6.21. The topological polar surface area (TPSA) is 82.5 Å². The highest BCUT2D eigenvalue weighted by Gasteiger charge is 2.23. The second-order valence-corrected chi connectivity index (χ2v) is 8.22. The number of methoxy groups -OCH3 is 2. The molecule has 7 nitrogen and oxygen atoms in total. The summed E-state index contributed by atoms with van der Waals surface area (Å²) in [5, 5.41) is 4.66. The summed E-state index contributed by atoms with van der Waals surface area (Å²) in [4.78, 5) is -0.0393. The number of sulfonamides is 1. The van der Waals surface area contributed by atoms with Gasteiger partial charge in [-0.2, -0.15) is 5.10 Å². The van der Waals surface area contributed by atoms with Crippen molar-refractivity contribution in [2.75, 3.05) is 20.8 Å². The lowest BCUT2D eigenvalue weighted by Gasteiger charge is -2.17. The van der Waals surface area contributed by atoms with Gasteiger partial charge in [0.1, 0.15) is 16.4 Å². The molecule has 0 aliphatic heterocycles. The van der Waals surface area contributed by atoms with Crippen LogP contribution in [0.5, 0.6) is 11.5 Å². The summed E-state index contributed by atoms with van der Waals surface area (Å²) in [7, 11) is -0.984. The molecule has 1 N–H and O–H groups in total. The third-order valence-electron chi connectivity index (χ3n) is 4.40. The summed E-state index contributed by atoms with van der Waals surface area (Å²) in [6.45, 7) is 7.97. The van der Waals surface area contributed by atoms with Gasteiger partial charge in [-0.1, -0.05) is 11.6 Å². The van der Waals surface area contributed by atoms with Crippen LogP contribution in [0.4, 0.5) is 0 Å². The van der Waals surface area contributed by atoms with Crippen LogP contribution in [0.2, 0.25) is 5.02 Å². The number of ether oxygens (including phenoxy) is 2. The largest absolute Gasteiger partial charge is 0.495 e. The molecule has 0 spiro atoms. The molecule has 144 valence electrons. The summed E-state index contributed by atoms with van der Waals surface area (Å²) >= 11 is 6.08. The number of hydrogen-bond donors (Lipinski definition) is 1. The van der Waals surface area contributed by atoms with Crippen molar-refractivity contribution in [1.29, 1.82) is 0 Å². The van der Waals surface area contributed by atoms with E-state index < -0.39 is 10.0 Å². The fraction of sp³-hybridized carbons (Fsp3) is 0.471. The Morgan fingerprint density at radius 3 is 2.31 bits per heavy atom. The van der Waals surface area contributed by atoms with E-state index in [1.165, 1.54) is 26.4 Å². The number of nitrogens with zero attached hydrogens (tertiary/aromatic N) is 2. The molecule has 1 atom stereocenters. The zero-order valence-corrected chi connectivity index (χ0v) is 17.3. The van der Waals surface area contributed by atoms with Crippen LogP contribution in [-0.4, -0.2) is 39.0 Å². The third kappa shape index (κ3) is 3.97. The van der Waals surface area contributed by atoms with Crippen molar-refractivity contribution in [3.8, 4) is 11.5 Å². The monoisotopic (exact) mass is 401 g/mol. The average molecular weight is 402 g/mol. The van der Waals surface area contributed by atoms with E-state index in [4.69, 9.17) is 21.1 Å². The molecule has 0 amide bonds. The quantitative estimate of drug-likeness (QED) is 0.771. The molecular weight excluding hydrogens is 378 g/mol. The van der Waals surface area contributed by atoms with E-state index in [-0.39, 0.29) is 28.3 Å². The lowest BCUT2D eigenvalue weighted by Crippen LogP contribution is -2.30. The summed E-state index contributed by atoms with van der Waals surface area (Å²) in [5.41, 5.74) is 3.04. The van der Waals surface area contributed by atoms with Crippen molar-refractivity contribution in [3.63, 3.8) is 0 Å². The second-order valence-electron chi connectivity index (χ2n) is 6.08. The first kappa shape index (κ1) is 20.5. The van der Waals surface area contributed by atoms with Crippen LogP contribution < -0.4 is 14.2 Å². The standard InChI is InChI=1S/C17H24ClN3O4S/c1-10(21-13(4)11(2)12(3)20-21)9-19-26(22,23)17-7-14(18)15(24-5)8-16(17)25-6/h7-8,10,19H,9H2,1-6H3. The van der Waals surface area contributed by atoms with Crippen LogP contribution in [0.15, 0.2) is 17.0 Å². The number of benzene rings is 1. The fourth-order valence-electron chi connectivity index (χ4n) is 2.61. The van der Waals surface area contributed by atoms with Crippen molar-refractivity contribution < 1.29 is 17.9 Å². The Morgan fingerprint density at radius 2 is 1.81 bits per heavy atom. The molecule has 1 unspecified atom stereocenters. The van der Waals surface area contributed by atoms with Crippen LogP contribution in [-0.2, 0) is 10.0 Å². The Morgan fingerprint density at radius 1 is 1.19 bits per heavy atom. The van der Waals surface area contributed by atoms with Gasteiger partial charge in [0.25, 0.3) is 0 Å². The maximum Gasteiger partial charge on any atom is 0.244 e. The Bertz CT molecular complexity index is 909. The predicted octanol–water partition coefficient (Wildman–Crippen LogP) is 3.02. The van der Waals surface area contributed by atoms with Gasteiger partial charge in [0.05, 0.1) is 31.0 Å². The summed E-state index contributed by atoms with van der Waals surface area (Å²) < 4.78 is 40.2. The summed E-state index contributed by atoms with van der Waals surface area (Å²) in [6, 6.07) is 2.61. The number of hydrogen-bond acceptors (Lipinski definition) is 5. The normalized spacial score (nSPS) is 12.9.